The highest BCUT2D eigenvalue weighted by molar-refractivity contribution is 5.98. The molecule has 0 amide bonds. The molecule has 13 heavy (non-hydrogen) atoms. The van der Waals surface area contributed by atoms with Crippen LogP contribution in [0.4, 0.5) is 4.39 Å². The molecule has 1 aromatic carbocycles. The molecule has 0 aliphatic rings. The number of nitro groups is 1. The maximum Gasteiger partial charge on any atom is 0.412 e. The fourth-order valence-electron chi connectivity index (χ4n) is 0.836. The summed E-state index contributed by atoms with van der Waals surface area (Å²) in [4.78, 5) is 19.6. The van der Waals surface area contributed by atoms with Crippen LogP contribution in [0.3, 0.4) is 0 Å². The summed E-state index contributed by atoms with van der Waals surface area (Å²) in [5, 5.41) is 9.92. The lowest BCUT2D eigenvalue weighted by molar-refractivity contribution is -0.533. The molecule has 0 fully saturated rings. The zero-order chi connectivity index (χ0) is 9.84. The second-order valence-electron chi connectivity index (χ2n) is 2.35. The normalized spacial score (nSPS) is 12.1. The number of carbonyl (C=O) groups is 1. The number of ketones is 1. The molecule has 0 heterocycles. The quantitative estimate of drug-likeness (QED) is 0.308. The van der Waals surface area contributed by atoms with Gasteiger partial charge in [0.25, 0.3) is 5.78 Å². The summed E-state index contributed by atoms with van der Waals surface area (Å²) in [6, 6.07) is 7.33. The van der Waals surface area contributed by atoms with Crippen molar-refractivity contribution in [3.63, 3.8) is 0 Å². The van der Waals surface area contributed by atoms with Gasteiger partial charge in [0, 0.05) is 5.56 Å². The van der Waals surface area contributed by atoms with E-state index in [1.165, 1.54) is 24.3 Å². The minimum Gasteiger partial charge on any atom is -0.283 e. The Balaban J connectivity index is 2.86. The van der Waals surface area contributed by atoms with Crippen LogP contribution in [0.5, 0.6) is 0 Å². The minimum atomic E-state index is -2.66. The average Bonchev–Trinajstić information content (AvgIpc) is 2.17. The molecule has 0 radical (unpaired) electrons. The SMILES string of the molecule is O=C(c1ccccc1)C(F)[N+](=O)[O-]. The second-order valence-corrected chi connectivity index (χ2v) is 2.35. The molecule has 5 heteroatoms. The van der Waals surface area contributed by atoms with Crippen LogP contribution >= 0.6 is 0 Å². The van der Waals surface area contributed by atoms with Gasteiger partial charge in [0.1, 0.15) is 0 Å². The third-order valence-corrected chi connectivity index (χ3v) is 1.46. The summed E-state index contributed by atoms with van der Waals surface area (Å²) in [7, 11) is 0. The van der Waals surface area contributed by atoms with Gasteiger partial charge in [-0.15, -0.1) is 0 Å². The van der Waals surface area contributed by atoms with Crippen molar-refractivity contribution >= 4 is 5.78 Å². The largest absolute Gasteiger partial charge is 0.412 e. The Morgan fingerprint density at radius 2 is 1.92 bits per heavy atom. The summed E-state index contributed by atoms with van der Waals surface area (Å²) in [6.07, 6.45) is -2.66. The zero-order valence-corrected chi connectivity index (χ0v) is 6.51. The Bertz CT molecular complexity index is 325. The van der Waals surface area contributed by atoms with Crippen LogP contribution in [0, 0.1) is 10.1 Å². The van der Waals surface area contributed by atoms with Gasteiger partial charge in [-0.25, -0.2) is 0 Å². The minimum absolute atomic E-state index is 0.00620. The van der Waals surface area contributed by atoms with Gasteiger partial charge in [-0.3, -0.25) is 14.9 Å². The maximum atomic E-state index is 12.6. The molecule has 0 saturated carbocycles. The van der Waals surface area contributed by atoms with Crippen LogP contribution in [0.15, 0.2) is 30.3 Å². The molecule has 1 rings (SSSR count). The molecule has 68 valence electrons. The van der Waals surface area contributed by atoms with Gasteiger partial charge in [0.2, 0.25) is 0 Å². The lowest BCUT2D eigenvalue weighted by atomic mass is 10.1. The first-order valence-electron chi connectivity index (χ1n) is 3.50. The highest BCUT2D eigenvalue weighted by Gasteiger charge is 2.29. The Morgan fingerprint density at radius 3 is 2.38 bits per heavy atom. The van der Waals surface area contributed by atoms with E-state index in [0.717, 1.165) is 0 Å². The fraction of sp³-hybridized carbons (Fsp3) is 0.125. The van der Waals surface area contributed by atoms with Crippen molar-refractivity contribution in [2.24, 2.45) is 0 Å². The molecule has 1 aromatic rings. The number of Topliss-reactive ketones (excluding diaryl/α,β-unsaturated/α-hetero) is 1. The van der Waals surface area contributed by atoms with E-state index in [1.807, 2.05) is 0 Å². The van der Waals surface area contributed by atoms with Gasteiger partial charge in [-0.2, -0.15) is 4.39 Å². The predicted octanol–water partition coefficient (Wildman–Crippen LogP) is 1.44. The number of carbonyl (C=O) groups excluding carboxylic acids is 1. The van der Waals surface area contributed by atoms with Crippen molar-refractivity contribution in [3.05, 3.63) is 46.0 Å². The summed E-state index contributed by atoms with van der Waals surface area (Å²) in [5.41, 5.74) is 0.00620. The molecule has 1 unspecified atom stereocenters. The Hall–Kier alpha value is -1.78. The topological polar surface area (TPSA) is 60.2 Å². The van der Waals surface area contributed by atoms with E-state index in [4.69, 9.17) is 0 Å². The van der Waals surface area contributed by atoms with Gasteiger partial charge < -0.3 is 0 Å². The van der Waals surface area contributed by atoms with Crippen molar-refractivity contribution in [1.82, 2.24) is 0 Å². The smallest absolute Gasteiger partial charge is 0.283 e. The number of alkyl halides is 1. The summed E-state index contributed by atoms with van der Waals surface area (Å²) in [5.74, 6) is -1.12. The van der Waals surface area contributed by atoms with E-state index in [0.29, 0.717) is 0 Å². The van der Waals surface area contributed by atoms with Gasteiger partial charge in [-0.1, -0.05) is 30.3 Å². The van der Waals surface area contributed by atoms with E-state index in [1.54, 1.807) is 6.07 Å². The van der Waals surface area contributed by atoms with E-state index >= 15 is 0 Å². The first-order chi connectivity index (χ1) is 6.13. The van der Waals surface area contributed by atoms with Crippen molar-refractivity contribution in [3.8, 4) is 0 Å². The molecule has 4 nitrogen and oxygen atoms in total. The van der Waals surface area contributed by atoms with Crippen molar-refractivity contribution in [2.75, 3.05) is 0 Å². The number of hydrogen-bond acceptors (Lipinski definition) is 3. The first kappa shape index (κ1) is 9.31. The van der Waals surface area contributed by atoms with Crippen LogP contribution in [-0.2, 0) is 0 Å². The summed E-state index contributed by atoms with van der Waals surface area (Å²) < 4.78 is 12.6. The molecule has 0 aliphatic carbocycles. The Morgan fingerprint density at radius 1 is 1.38 bits per heavy atom. The molecule has 0 spiro atoms. The maximum absolute atomic E-state index is 12.6. The highest BCUT2D eigenvalue weighted by atomic mass is 19.1. The molecular formula is C8H6FNO3. The molecule has 0 saturated heterocycles. The van der Waals surface area contributed by atoms with Crippen molar-refractivity contribution in [1.29, 1.82) is 0 Å². The molecule has 0 aromatic heterocycles. The number of rotatable bonds is 3. The van der Waals surface area contributed by atoms with Crippen molar-refractivity contribution in [2.45, 2.75) is 6.30 Å². The standard InChI is InChI=1S/C8H6FNO3/c9-8(10(12)13)7(11)6-4-2-1-3-5-6/h1-5,8H. The van der Waals surface area contributed by atoms with E-state index in [2.05, 4.69) is 0 Å². The van der Waals surface area contributed by atoms with E-state index < -0.39 is 17.0 Å². The Labute approximate surface area is 73.1 Å². The summed E-state index contributed by atoms with van der Waals surface area (Å²) >= 11 is 0. The van der Waals surface area contributed by atoms with Crippen molar-refractivity contribution < 1.29 is 14.1 Å². The number of halogens is 1. The molecule has 0 aliphatic heterocycles. The lowest BCUT2D eigenvalue weighted by Crippen LogP contribution is -2.24. The molecule has 1 atom stereocenters. The van der Waals surface area contributed by atoms with Gasteiger partial charge >= 0.3 is 6.30 Å². The lowest BCUT2D eigenvalue weighted by Gasteiger charge is -1.98. The van der Waals surface area contributed by atoms with Crippen LogP contribution in [0.25, 0.3) is 0 Å². The van der Waals surface area contributed by atoms with Crippen LogP contribution in [0.2, 0.25) is 0 Å². The first-order valence-corrected chi connectivity index (χ1v) is 3.50. The molecular weight excluding hydrogens is 177 g/mol. The number of nitrogens with zero attached hydrogens (tertiary/aromatic N) is 1. The third kappa shape index (κ3) is 2.08. The fourth-order valence-corrected chi connectivity index (χ4v) is 0.836. The van der Waals surface area contributed by atoms with Crippen LogP contribution < -0.4 is 0 Å². The zero-order valence-electron chi connectivity index (χ0n) is 6.51. The highest BCUT2D eigenvalue weighted by Crippen LogP contribution is 2.06. The van der Waals surface area contributed by atoms with E-state index in [9.17, 15) is 19.3 Å². The van der Waals surface area contributed by atoms with Gasteiger partial charge in [0.05, 0.1) is 4.92 Å². The molecule has 0 N–H and O–H groups in total. The monoisotopic (exact) mass is 183 g/mol. The summed E-state index contributed by atoms with van der Waals surface area (Å²) in [6.45, 7) is 0. The number of benzene rings is 1. The van der Waals surface area contributed by atoms with Crippen LogP contribution in [0.1, 0.15) is 10.4 Å². The Kier molecular flexibility index (Phi) is 2.69. The van der Waals surface area contributed by atoms with Gasteiger partial charge in [0.15, 0.2) is 0 Å². The van der Waals surface area contributed by atoms with Crippen LogP contribution in [-0.4, -0.2) is 17.0 Å². The molecule has 0 bridgehead atoms. The van der Waals surface area contributed by atoms with E-state index in [-0.39, 0.29) is 5.56 Å². The number of hydrogen-bond donors (Lipinski definition) is 0. The third-order valence-electron chi connectivity index (χ3n) is 1.46. The predicted molar refractivity (Wildman–Crippen MR) is 42.7 cm³/mol. The second kappa shape index (κ2) is 3.75. The average molecular weight is 183 g/mol. The van der Waals surface area contributed by atoms with Gasteiger partial charge in [-0.05, 0) is 0 Å².